The van der Waals surface area contributed by atoms with E-state index in [1.54, 1.807) is 16.8 Å². The molecule has 3 nitrogen and oxygen atoms in total. The van der Waals surface area contributed by atoms with E-state index in [0.29, 0.717) is 6.54 Å². The molecule has 1 rings (SSSR count). The zero-order valence-corrected chi connectivity index (χ0v) is 8.82. The molecule has 74 valence electrons. The Labute approximate surface area is 79.4 Å². The molecule has 0 saturated heterocycles. The van der Waals surface area contributed by atoms with Crippen LogP contribution in [0.1, 0.15) is 27.7 Å². The van der Waals surface area contributed by atoms with Crippen LogP contribution in [-0.4, -0.2) is 9.55 Å². The highest BCUT2D eigenvalue weighted by Gasteiger charge is 1.86. The van der Waals surface area contributed by atoms with E-state index in [4.69, 9.17) is 0 Å². The third-order valence-corrected chi connectivity index (χ3v) is 1.12. The van der Waals surface area contributed by atoms with Crippen LogP contribution in [0.5, 0.6) is 0 Å². The van der Waals surface area contributed by atoms with Crippen LogP contribution in [0.4, 0.5) is 0 Å². The van der Waals surface area contributed by atoms with Crippen molar-refractivity contribution in [1.29, 1.82) is 0 Å². The van der Waals surface area contributed by atoms with Crippen molar-refractivity contribution in [1.82, 2.24) is 9.55 Å². The Morgan fingerprint density at radius 3 is 2.31 bits per heavy atom. The van der Waals surface area contributed by atoms with Gasteiger partial charge in [0, 0.05) is 18.9 Å². The highest BCUT2D eigenvalue weighted by Crippen LogP contribution is 1.81. The smallest absolute Gasteiger partial charge is 0.299 e. The summed E-state index contributed by atoms with van der Waals surface area (Å²) < 4.78 is 1.54. The molecule has 0 unspecified atom stereocenters. The maximum atomic E-state index is 10.7. The summed E-state index contributed by atoms with van der Waals surface area (Å²) in [7, 11) is 0. The predicted molar refractivity (Wildman–Crippen MR) is 54.7 cm³/mol. The lowest BCUT2D eigenvalue weighted by Crippen LogP contribution is -2.19. The Balaban J connectivity index is 0.000000310. The van der Waals surface area contributed by atoms with E-state index in [9.17, 15) is 4.79 Å². The third-order valence-electron chi connectivity index (χ3n) is 1.12. The van der Waals surface area contributed by atoms with Gasteiger partial charge >= 0.3 is 5.69 Å². The van der Waals surface area contributed by atoms with Crippen molar-refractivity contribution in [3.05, 3.63) is 28.9 Å². The van der Waals surface area contributed by atoms with E-state index in [1.807, 2.05) is 6.92 Å². The summed E-state index contributed by atoms with van der Waals surface area (Å²) >= 11 is 0. The van der Waals surface area contributed by atoms with Crippen molar-refractivity contribution < 1.29 is 0 Å². The molecule has 0 saturated carbocycles. The lowest BCUT2D eigenvalue weighted by molar-refractivity contribution is 0.699. The summed E-state index contributed by atoms with van der Waals surface area (Å²) in [6.45, 7) is 9.09. The van der Waals surface area contributed by atoms with Crippen LogP contribution < -0.4 is 5.69 Å². The standard InChI is InChI=1S/C6H8N2O.C4H10/c1-2-8-5-3-4-7-6(8)9;1-4(2)3/h3-5H,2H2,1H3;4H,1-3H3. The molecule has 0 aliphatic carbocycles. The van der Waals surface area contributed by atoms with Gasteiger partial charge in [0.1, 0.15) is 0 Å². The molecular weight excluding hydrogens is 164 g/mol. The molecule has 0 spiro atoms. The Kier molecular flexibility index (Phi) is 5.85. The van der Waals surface area contributed by atoms with Gasteiger partial charge in [0.2, 0.25) is 0 Å². The number of nitrogens with zero attached hydrogens (tertiary/aromatic N) is 2. The first-order valence-electron chi connectivity index (χ1n) is 4.59. The number of hydrogen-bond acceptors (Lipinski definition) is 2. The minimum absolute atomic E-state index is 0.181. The van der Waals surface area contributed by atoms with Crippen LogP contribution >= 0.6 is 0 Å². The molecule has 0 aromatic carbocycles. The molecule has 1 aromatic heterocycles. The van der Waals surface area contributed by atoms with Crippen LogP contribution in [0.3, 0.4) is 0 Å². The topological polar surface area (TPSA) is 34.9 Å². The zero-order chi connectivity index (χ0) is 10.3. The van der Waals surface area contributed by atoms with Crippen molar-refractivity contribution in [2.75, 3.05) is 0 Å². The second-order valence-electron chi connectivity index (χ2n) is 3.42. The van der Waals surface area contributed by atoms with Crippen molar-refractivity contribution in [3.63, 3.8) is 0 Å². The number of aryl methyl sites for hydroxylation is 1. The molecule has 0 fully saturated rings. The molecule has 1 aromatic rings. The Hall–Kier alpha value is -1.12. The number of rotatable bonds is 1. The van der Waals surface area contributed by atoms with E-state index in [0.717, 1.165) is 5.92 Å². The Morgan fingerprint density at radius 1 is 1.46 bits per heavy atom. The van der Waals surface area contributed by atoms with Gasteiger partial charge in [0.25, 0.3) is 0 Å². The maximum Gasteiger partial charge on any atom is 0.347 e. The lowest BCUT2D eigenvalue weighted by Gasteiger charge is -1.94. The largest absolute Gasteiger partial charge is 0.347 e. The van der Waals surface area contributed by atoms with Crippen molar-refractivity contribution in [2.24, 2.45) is 5.92 Å². The third kappa shape index (κ3) is 6.08. The first-order chi connectivity index (χ1) is 6.07. The van der Waals surface area contributed by atoms with Gasteiger partial charge in [-0.1, -0.05) is 20.8 Å². The van der Waals surface area contributed by atoms with E-state index in [-0.39, 0.29) is 5.69 Å². The summed E-state index contributed by atoms with van der Waals surface area (Å²) in [6.07, 6.45) is 3.21. The van der Waals surface area contributed by atoms with Crippen molar-refractivity contribution >= 4 is 0 Å². The maximum absolute atomic E-state index is 10.7. The van der Waals surface area contributed by atoms with Gasteiger partial charge < -0.3 is 0 Å². The molecule has 0 atom stereocenters. The molecule has 0 amide bonds. The van der Waals surface area contributed by atoms with Gasteiger partial charge in [0.15, 0.2) is 0 Å². The minimum Gasteiger partial charge on any atom is -0.299 e. The van der Waals surface area contributed by atoms with E-state index in [1.165, 1.54) is 6.20 Å². The van der Waals surface area contributed by atoms with Crippen LogP contribution in [0.15, 0.2) is 23.3 Å². The zero-order valence-electron chi connectivity index (χ0n) is 8.82. The highest BCUT2D eigenvalue weighted by molar-refractivity contribution is 4.79. The van der Waals surface area contributed by atoms with Gasteiger partial charge in [-0.15, -0.1) is 0 Å². The molecule has 0 aliphatic rings. The van der Waals surface area contributed by atoms with Gasteiger partial charge in [0.05, 0.1) is 0 Å². The fourth-order valence-corrected chi connectivity index (χ4v) is 0.628. The predicted octanol–water partition coefficient (Wildman–Crippen LogP) is 1.93. The Morgan fingerprint density at radius 2 is 2.00 bits per heavy atom. The van der Waals surface area contributed by atoms with Crippen LogP contribution in [0.2, 0.25) is 0 Å². The summed E-state index contributed by atoms with van der Waals surface area (Å²) in [5.41, 5.74) is -0.181. The molecule has 0 radical (unpaired) electrons. The van der Waals surface area contributed by atoms with E-state index < -0.39 is 0 Å². The summed E-state index contributed by atoms with van der Waals surface area (Å²) in [4.78, 5) is 14.3. The van der Waals surface area contributed by atoms with Crippen LogP contribution in [-0.2, 0) is 6.54 Å². The van der Waals surface area contributed by atoms with Gasteiger partial charge in [-0.25, -0.2) is 9.78 Å². The van der Waals surface area contributed by atoms with Crippen molar-refractivity contribution in [2.45, 2.75) is 34.2 Å². The first kappa shape index (κ1) is 11.9. The summed E-state index contributed by atoms with van der Waals surface area (Å²) in [5.74, 6) is 0.833. The number of hydrogen-bond donors (Lipinski definition) is 0. The SMILES string of the molecule is CC(C)C.CCn1cccnc1=O. The quantitative estimate of drug-likeness (QED) is 0.665. The van der Waals surface area contributed by atoms with Crippen LogP contribution in [0, 0.1) is 5.92 Å². The average molecular weight is 182 g/mol. The minimum atomic E-state index is -0.181. The second kappa shape index (κ2) is 6.40. The van der Waals surface area contributed by atoms with Gasteiger partial charge in [-0.3, -0.25) is 4.57 Å². The normalized spacial score (nSPS) is 9.31. The van der Waals surface area contributed by atoms with Crippen LogP contribution in [0.25, 0.3) is 0 Å². The van der Waals surface area contributed by atoms with E-state index in [2.05, 4.69) is 25.8 Å². The first-order valence-corrected chi connectivity index (χ1v) is 4.59. The molecule has 3 heteroatoms. The molecule has 0 aliphatic heterocycles. The fraction of sp³-hybridized carbons (Fsp3) is 0.600. The summed E-state index contributed by atoms with van der Waals surface area (Å²) in [5, 5.41) is 0. The summed E-state index contributed by atoms with van der Waals surface area (Å²) in [6, 6.07) is 1.74. The fourth-order valence-electron chi connectivity index (χ4n) is 0.628. The van der Waals surface area contributed by atoms with Gasteiger partial charge in [-0.2, -0.15) is 0 Å². The van der Waals surface area contributed by atoms with Crippen molar-refractivity contribution in [3.8, 4) is 0 Å². The molecule has 0 bridgehead atoms. The molecule has 0 N–H and O–H groups in total. The second-order valence-corrected chi connectivity index (χ2v) is 3.42. The highest BCUT2D eigenvalue weighted by atomic mass is 16.1. The molecule has 1 heterocycles. The lowest BCUT2D eigenvalue weighted by atomic mass is 10.3. The Bertz CT molecular complexity index is 275. The molecule has 13 heavy (non-hydrogen) atoms. The monoisotopic (exact) mass is 182 g/mol. The molecular formula is C10H18N2O. The number of aromatic nitrogens is 2. The van der Waals surface area contributed by atoms with Gasteiger partial charge in [-0.05, 0) is 18.9 Å². The average Bonchev–Trinajstić information content (AvgIpc) is 2.04. The van der Waals surface area contributed by atoms with E-state index >= 15 is 0 Å².